The molecule has 110 valence electrons. The van der Waals surface area contributed by atoms with Gasteiger partial charge >= 0.3 is 0 Å². The van der Waals surface area contributed by atoms with Crippen molar-refractivity contribution in [3.63, 3.8) is 0 Å². The summed E-state index contributed by atoms with van der Waals surface area (Å²) in [5, 5.41) is 6.49. The van der Waals surface area contributed by atoms with Crippen molar-refractivity contribution < 1.29 is 9.13 Å². The molecule has 0 saturated carbocycles. The zero-order chi connectivity index (χ0) is 13.8. The second kappa shape index (κ2) is 6.55. The summed E-state index contributed by atoms with van der Waals surface area (Å²) >= 11 is 0. The number of hydrogen-bond donors (Lipinski definition) is 2. The highest BCUT2D eigenvalue weighted by Gasteiger charge is 2.25. The Hall–Kier alpha value is -1.13. The lowest BCUT2D eigenvalue weighted by molar-refractivity contribution is 0.273. The third-order valence-corrected chi connectivity index (χ3v) is 4.24. The van der Waals surface area contributed by atoms with Crippen molar-refractivity contribution in [1.29, 1.82) is 0 Å². The van der Waals surface area contributed by atoms with Gasteiger partial charge in [0.25, 0.3) is 0 Å². The van der Waals surface area contributed by atoms with E-state index in [2.05, 4.69) is 10.6 Å². The molecule has 1 aromatic rings. The first-order chi connectivity index (χ1) is 9.83. The minimum Gasteiger partial charge on any atom is -0.493 e. The highest BCUT2D eigenvalue weighted by Crippen LogP contribution is 2.27. The van der Waals surface area contributed by atoms with Crippen LogP contribution in [0.2, 0.25) is 0 Å². The van der Waals surface area contributed by atoms with Gasteiger partial charge in [-0.05, 0) is 50.8 Å². The van der Waals surface area contributed by atoms with Crippen LogP contribution in [-0.2, 0) is 0 Å². The van der Waals surface area contributed by atoms with E-state index >= 15 is 0 Å². The molecule has 2 N–H and O–H groups in total. The first kappa shape index (κ1) is 13.8. The lowest BCUT2D eigenvalue weighted by Gasteiger charge is -2.22. The summed E-state index contributed by atoms with van der Waals surface area (Å²) in [6.45, 7) is 3.86. The zero-order valence-corrected chi connectivity index (χ0v) is 11.8. The molecule has 0 radical (unpaired) electrons. The maximum Gasteiger partial charge on any atom is 0.131 e. The van der Waals surface area contributed by atoms with Gasteiger partial charge in [0, 0.05) is 24.2 Å². The predicted octanol–water partition coefficient (Wildman–Crippen LogP) is 2.63. The number of halogens is 1. The molecule has 0 bridgehead atoms. The third kappa shape index (κ3) is 3.70. The molecule has 1 unspecified atom stereocenters. The summed E-state index contributed by atoms with van der Waals surface area (Å²) in [6.07, 6.45) is 4.82. The van der Waals surface area contributed by atoms with Crippen LogP contribution in [0.15, 0.2) is 18.2 Å². The van der Waals surface area contributed by atoms with Crippen LogP contribution in [0.1, 0.15) is 37.3 Å². The van der Waals surface area contributed by atoms with Crippen molar-refractivity contribution in [3.8, 4) is 5.75 Å². The van der Waals surface area contributed by atoms with E-state index in [0.717, 1.165) is 37.5 Å². The van der Waals surface area contributed by atoms with Crippen LogP contribution in [0, 0.1) is 11.7 Å². The number of piperidine rings is 1. The molecular weight excluding hydrogens is 255 g/mol. The van der Waals surface area contributed by atoms with Crippen LogP contribution in [0.4, 0.5) is 4.39 Å². The second-order valence-corrected chi connectivity index (χ2v) is 5.83. The summed E-state index contributed by atoms with van der Waals surface area (Å²) in [5.41, 5.74) is 0.757. The second-order valence-electron chi connectivity index (χ2n) is 5.83. The number of ether oxygens (including phenoxy) is 1. The first-order valence-corrected chi connectivity index (χ1v) is 7.69. The lowest BCUT2D eigenvalue weighted by atomic mass is 9.93. The molecule has 2 saturated heterocycles. The molecule has 3 nitrogen and oxygen atoms in total. The quantitative estimate of drug-likeness (QED) is 0.621. The molecule has 2 fully saturated rings. The van der Waals surface area contributed by atoms with Gasteiger partial charge in [0.2, 0.25) is 0 Å². The van der Waals surface area contributed by atoms with E-state index in [0.29, 0.717) is 12.4 Å². The number of benzene rings is 1. The summed E-state index contributed by atoms with van der Waals surface area (Å²) in [7, 11) is 0. The Labute approximate surface area is 119 Å². The van der Waals surface area contributed by atoms with Crippen LogP contribution >= 0.6 is 0 Å². The normalized spacial score (nSPS) is 22.8. The summed E-state index contributed by atoms with van der Waals surface area (Å²) < 4.78 is 19.5. The van der Waals surface area contributed by atoms with E-state index in [1.165, 1.54) is 25.3 Å². The fourth-order valence-electron chi connectivity index (χ4n) is 2.89. The summed E-state index contributed by atoms with van der Waals surface area (Å²) in [4.78, 5) is 0. The Morgan fingerprint density at radius 2 is 2.05 bits per heavy atom. The van der Waals surface area contributed by atoms with Gasteiger partial charge in [-0.25, -0.2) is 4.39 Å². The molecule has 1 atom stereocenters. The van der Waals surface area contributed by atoms with Crippen LogP contribution in [-0.4, -0.2) is 26.2 Å². The number of rotatable bonds is 6. The average Bonchev–Trinajstić information content (AvgIpc) is 3.29. The molecule has 1 aromatic carbocycles. The van der Waals surface area contributed by atoms with Crippen molar-refractivity contribution in [2.45, 2.75) is 31.7 Å². The molecule has 4 heteroatoms. The Kier molecular flexibility index (Phi) is 4.53. The summed E-state index contributed by atoms with van der Waals surface area (Å²) in [5.74, 6) is 1.33. The van der Waals surface area contributed by atoms with Crippen molar-refractivity contribution in [2.75, 3.05) is 26.2 Å². The van der Waals surface area contributed by atoms with Crippen molar-refractivity contribution in [1.82, 2.24) is 10.6 Å². The largest absolute Gasteiger partial charge is 0.493 e. The molecule has 0 amide bonds. The fraction of sp³-hybridized carbons (Fsp3) is 0.625. The van der Waals surface area contributed by atoms with Crippen LogP contribution in [0.25, 0.3) is 0 Å². The molecule has 0 aliphatic carbocycles. The lowest BCUT2D eigenvalue weighted by Crippen LogP contribution is -2.27. The standard InChI is InChI=1S/C16H23FN2O/c17-15-10-13(3-4-14(15)16-11-19-16)20-9-1-2-12-5-7-18-8-6-12/h3-4,10,12,16,18-19H,1-2,5-9,11H2. The fourth-order valence-corrected chi connectivity index (χ4v) is 2.89. The van der Waals surface area contributed by atoms with Gasteiger partial charge in [-0.1, -0.05) is 6.07 Å². The highest BCUT2D eigenvalue weighted by molar-refractivity contribution is 5.33. The molecule has 2 aliphatic rings. The van der Waals surface area contributed by atoms with Crippen molar-refractivity contribution in [3.05, 3.63) is 29.6 Å². The van der Waals surface area contributed by atoms with Crippen LogP contribution < -0.4 is 15.4 Å². The Morgan fingerprint density at radius 1 is 1.25 bits per heavy atom. The average molecular weight is 278 g/mol. The Morgan fingerprint density at radius 3 is 2.75 bits per heavy atom. The van der Waals surface area contributed by atoms with E-state index in [-0.39, 0.29) is 11.9 Å². The Bertz CT molecular complexity index is 442. The minimum absolute atomic E-state index is 0.157. The van der Waals surface area contributed by atoms with E-state index < -0.39 is 0 Å². The van der Waals surface area contributed by atoms with Crippen molar-refractivity contribution >= 4 is 0 Å². The van der Waals surface area contributed by atoms with Gasteiger partial charge in [-0.15, -0.1) is 0 Å². The van der Waals surface area contributed by atoms with Crippen LogP contribution in [0.5, 0.6) is 5.75 Å². The SMILES string of the molecule is Fc1cc(OCCCC2CCNCC2)ccc1C1CN1. The number of hydrogen-bond acceptors (Lipinski definition) is 3. The molecule has 0 spiro atoms. The smallest absolute Gasteiger partial charge is 0.131 e. The van der Waals surface area contributed by atoms with E-state index in [4.69, 9.17) is 4.74 Å². The van der Waals surface area contributed by atoms with Gasteiger partial charge in [0.05, 0.1) is 6.61 Å². The first-order valence-electron chi connectivity index (χ1n) is 7.69. The maximum atomic E-state index is 13.8. The molecule has 3 rings (SSSR count). The van der Waals surface area contributed by atoms with E-state index in [1.807, 2.05) is 12.1 Å². The van der Waals surface area contributed by atoms with Gasteiger partial charge < -0.3 is 15.4 Å². The highest BCUT2D eigenvalue weighted by atomic mass is 19.1. The maximum absolute atomic E-state index is 13.8. The Balaban J connectivity index is 1.40. The molecule has 0 aromatic heterocycles. The van der Waals surface area contributed by atoms with Gasteiger partial charge in [-0.2, -0.15) is 0 Å². The molecule has 2 aliphatic heterocycles. The third-order valence-electron chi connectivity index (χ3n) is 4.24. The van der Waals surface area contributed by atoms with Gasteiger partial charge in [0.1, 0.15) is 11.6 Å². The summed E-state index contributed by atoms with van der Waals surface area (Å²) in [6, 6.07) is 5.44. The molecule has 2 heterocycles. The predicted molar refractivity (Wildman–Crippen MR) is 77.5 cm³/mol. The zero-order valence-electron chi connectivity index (χ0n) is 11.8. The van der Waals surface area contributed by atoms with E-state index in [1.54, 1.807) is 0 Å². The van der Waals surface area contributed by atoms with Crippen LogP contribution in [0.3, 0.4) is 0 Å². The van der Waals surface area contributed by atoms with Gasteiger partial charge in [0.15, 0.2) is 0 Å². The molecule has 20 heavy (non-hydrogen) atoms. The van der Waals surface area contributed by atoms with Crippen molar-refractivity contribution in [2.24, 2.45) is 5.92 Å². The molecular formula is C16H23FN2O. The monoisotopic (exact) mass is 278 g/mol. The van der Waals surface area contributed by atoms with Gasteiger partial charge in [-0.3, -0.25) is 0 Å². The minimum atomic E-state index is -0.157. The topological polar surface area (TPSA) is 43.2 Å². The van der Waals surface area contributed by atoms with E-state index in [9.17, 15) is 4.39 Å². The number of nitrogens with one attached hydrogen (secondary N) is 2.